The highest BCUT2D eigenvalue weighted by molar-refractivity contribution is 6.30. The molecule has 3 atom stereocenters. The highest BCUT2D eigenvalue weighted by Crippen LogP contribution is 2.59. The molecule has 1 aliphatic heterocycles. The van der Waals surface area contributed by atoms with E-state index in [9.17, 15) is 14.0 Å². The minimum absolute atomic E-state index is 0.00145. The molecular formula is C20H25ClFNO3. The van der Waals surface area contributed by atoms with E-state index in [-0.39, 0.29) is 35.1 Å². The van der Waals surface area contributed by atoms with Crippen LogP contribution < -0.4 is 0 Å². The number of ether oxygens (including phenoxy) is 1. The molecule has 0 spiro atoms. The average Bonchev–Trinajstić information content (AvgIpc) is 3.07. The number of hydrogen-bond acceptors (Lipinski definition) is 3. The molecular weight excluding hydrogens is 357 g/mol. The number of fused-ring (bicyclic) bond motifs is 1. The number of Topliss-reactive ketones (excluding diaryl/α,β-unsaturated/α-hetero) is 1. The lowest BCUT2D eigenvalue weighted by atomic mass is 9.96. The first-order valence-corrected chi connectivity index (χ1v) is 9.36. The highest BCUT2D eigenvalue weighted by Gasteiger charge is 2.64. The van der Waals surface area contributed by atoms with Crippen LogP contribution in [-0.4, -0.2) is 34.5 Å². The van der Waals surface area contributed by atoms with Gasteiger partial charge < -0.3 is 4.74 Å². The summed E-state index contributed by atoms with van der Waals surface area (Å²) in [6.45, 7) is 7.53. The van der Waals surface area contributed by atoms with Gasteiger partial charge >= 0.3 is 6.09 Å². The number of benzene rings is 1. The molecule has 4 nitrogen and oxygen atoms in total. The van der Waals surface area contributed by atoms with Gasteiger partial charge in [0.1, 0.15) is 11.4 Å². The molecule has 142 valence electrons. The van der Waals surface area contributed by atoms with Gasteiger partial charge in [0.05, 0.1) is 11.1 Å². The first kappa shape index (κ1) is 19.2. The van der Waals surface area contributed by atoms with Gasteiger partial charge in [0.15, 0.2) is 5.78 Å². The van der Waals surface area contributed by atoms with E-state index in [1.807, 2.05) is 20.8 Å². The van der Waals surface area contributed by atoms with Crippen molar-refractivity contribution in [1.29, 1.82) is 0 Å². The number of ketones is 1. The molecule has 1 saturated heterocycles. The van der Waals surface area contributed by atoms with E-state index in [0.29, 0.717) is 12.0 Å². The van der Waals surface area contributed by atoms with Gasteiger partial charge in [-0.1, -0.05) is 30.7 Å². The molecule has 0 unspecified atom stereocenters. The molecule has 1 aliphatic carbocycles. The van der Waals surface area contributed by atoms with Crippen LogP contribution in [0.4, 0.5) is 9.18 Å². The third-order valence-electron chi connectivity index (χ3n) is 5.28. The van der Waals surface area contributed by atoms with E-state index in [4.69, 9.17) is 16.3 Å². The fourth-order valence-corrected chi connectivity index (χ4v) is 3.99. The fraction of sp³-hybridized carbons (Fsp3) is 0.600. The Balaban J connectivity index is 1.69. The van der Waals surface area contributed by atoms with Crippen molar-refractivity contribution in [1.82, 2.24) is 4.90 Å². The monoisotopic (exact) mass is 381 g/mol. The van der Waals surface area contributed by atoms with Gasteiger partial charge in [0, 0.05) is 12.5 Å². The lowest BCUT2D eigenvalue weighted by Gasteiger charge is -2.29. The van der Waals surface area contributed by atoms with Gasteiger partial charge in [-0.15, -0.1) is 0 Å². The Morgan fingerprint density at radius 3 is 2.69 bits per heavy atom. The second-order valence-electron chi connectivity index (χ2n) is 8.66. The first-order chi connectivity index (χ1) is 12.0. The maximum absolute atomic E-state index is 14.0. The summed E-state index contributed by atoms with van der Waals surface area (Å²) in [7, 11) is 0. The number of aryl methyl sites for hydroxylation is 1. The summed E-state index contributed by atoms with van der Waals surface area (Å²) in [4.78, 5) is 27.0. The summed E-state index contributed by atoms with van der Waals surface area (Å²) in [5.41, 5.74) is -0.190. The molecule has 1 aromatic rings. The van der Waals surface area contributed by atoms with E-state index >= 15 is 0 Å². The van der Waals surface area contributed by atoms with Crippen molar-refractivity contribution >= 4 is 23.5 Å². The Hall–Kier alpha value is -1.62. The molecule has 0 radical (unpaired) electrons. The predicted molar refractivity (Wildman–Crippen MR) is 97.7 cm³/mol. The Bertz CT molecular complexity index is 745. The quantitative estimate of drug-likeness (QED) is 0.754. The van der Waals surface area contributed by atoms with Crippen molar-refractivity contribution in [3.8, 4) is 0 Å². The summed E-state index contributed by atoms with van der Waals surface area (Å²) < 4.78 is 19.5. The predicted octanol–water partition coefficient (Wildman–Crippen LogP) is 4.77. The van der Waals surface area contributed by atoms with Crippen LogP contribution in [0.25, 0.3) is 0 Å². The smallest absolute Gasteiger partial charge is 0.411 e. The number of nitrogens with zero attached hydrogens (tertiary/aromatic N) is 1. The molecule has 2 fully saturated rings. The molecule has 0 bridgehead atoms. The lowest BCUT2D eigenvalue weighted by Crippen LogP contribution is -2.45. The summed E-state index contributed by atoms with van der Waals surface area (Å²) in [6.07, 6.45) is 1.55. The molecule has 1 aromatic carbocycles. The van der Waals surface area contributed by atoms with E-state index < -0.39 is 23.6 Å². The number of piperidine rings is 1. The van der Waals surface area contributed by atoms with Gasteiger partial charge in [-0.3, -0.25) is 9.69 Å². The van der Waals surface area contributed by atoms with Crippen LogP contribution in [0.5, 0.6) is 0 Å². The maximum Gasteiger partial charge on any atom is 0.411 e. The molecule has 1 amide bonds. The molecule has 1 saturated carbocycles. The van der Waals surface area contributed by atoms with Crippen molar-refractivity contribution < 1.29 is 18.7 Å². The standard InChI is InChI=1S/C20H25ClFNO3/c1-19(2,3)26-18(25)23-14(10-20(4)11-16(20)23)15(24)9-8-12-6-5-7-13(21)17(12)22/h5-7,14,16H,8-11H2,1-4H3/t14-,16+,20-/m0/s1. The van der Waals surface area contributed by atoms with Gasteiger partial charge in [-0.2, -0.15) is 0 Å². The maximum atomic E-state index is 14.0. The highest BCUT2D eigenvalue weighted by atomic mass is 35.5. The number of halogens is 2. The van der Waals surface area contributed by atoms with Crippen molar-refractivity contribution in [3.63, 3.8) is 0 Å². The number of rotatable bonds is 4. The van der Waals surface area contributed by atoms with E-state index in [1.165, 1.54) is 6.07 Å². The molecule has 26 heavy (non-hydrogen) atoms. The summed E-state index contributed by atoms with van der Waals surface area (Å²) >= 11 is 5.80. The summed E-state index contributed by atoms with van der Waals surface area (Å²) in [5, 5.41) is 0.0555. The largest absolute Gasteiger partial charge is 0.444 e. The van der Waals surface area contributed by atoms with Crippen LogP contribution in [0.15, 0.2) is 18.2 Å². The normalized spacial score (nSPS) is 27.2. The minimum Gasteiger partial charge on any atom is -0.444 e. The van der Waals surface area contributed by atoms with Gasteiger partial charge in [-0.05, 0) is 57.1 Å². The second-order valence-corrected chi connectivity index (χ2v) is 9.07. The summed E-state index contributed by atoms with van der Waals surface area (Å²) in [6, 6.07) is 4.36. The van der Waals surface area contributed by atoms with Crippen LogP contribution in [0, 0.1) is 11.2 Å². The van der Waals surface area contributed by atoms with Crippen LogP contribution in [0.2, 0.25) is 5.02 Å². The Morgan fingerprint density at radius 1 is 1.35 bits per heavy atom. The van der Waals surface area contributed by atoms with Crippen molar-refractivity contribution in [2.24, 2.45) is 5.41 Å². The van der Waals surface area contributed by atoms with Gasteiger partial charge in [0.2, 0.25) is 0 Å². The minimum atomic E-state index is -0.609. The molecule has 6 heteroatoms. The fourth-order valence-electron chi connectivity index (χ4n) is 3.80. The van der Waals surface area contributed by atoms with Gasteiger partial charge in [-0.25, -0.2) is 9.18 Å². The third-order valence-corrected chi connectivity index (χ3v) is 5.58. The number of carbonyl (C=O) groups excluding carboxylic acids is 2. The molecule has 0 aromatic heterocycles. The van der Waals surface area contributed by atoms with Crippen molar-refractivity contribution in [2.45, 2.75) is 71.1 Å². The van der Waals surface area contributed by atoms with E-state index in [0.717, 1.165) is 6.42 Å². The molecule has 1 heterocycles. The molecule has 0 N–H and O–H groups in total. The second kappa shape index (κ2) is 6.52. The van der Waals surface area contributed by atoms with Crippen LogP contribution in [0.3, 0.4) is 0 Å². The number of amides is 1. The topological polar surface area (TPSA) is 46.6 Å². The number of hydrogen-bond donors (Lipinski definition) is 0. The third kappa shape index (κ3) is 3.73. The van der Waals surface area contributed by atoms with Gasteiger partial charge in [0.25, 0.3) is 0 Å². The Morgan fingerprint density at radius 2 is 2.04 bits per heavy atom. The van der Waals surface area contributed by atoms with E-state index in [1.54, 1.807) is 17.0 Å². The Labute approximate surface area is 158 Å². The number of likely N-dealkylation sites (tertiary alicyclic amines) is 1. The average molecular weight is 382 g/mol. The zero-order valence-corrected chi connectivity index (χ0v) is 16.4. The zero-order chi connectivity index (χ0) is 19.3. The first-order valence-electron chi connectivity index (χ1n) is 8.99. The summed E-state index contributed by atoms with van der Waals surface area (Å²) in [5.74, 6) is -0.532. The zero-order valence-electron chi connectivity index (χ0n) is 15.6. The lowest BCUT2D eigenvalue weighted by molar-refractivity contribution is -0.124. The van der Waals surface area contributed by atoms with Crippen molar-refractivity contribution in [2.75, 3.05) is 0 Å². The van der Waals surface area contributed by atoms with Crippen LogP contribution >= 0.6 is 11.6 Å². The van der Waals surface area contributed by atoms with Crippen LogP contribution in [0.1, 0.15) is 52.5 Å². The molecule has 3 rings (SSSR count). The van der Waals surface area contributed by atoms with Crippen molar-refractivity contribution in [3.05, 3.63) is 34.6 Å². The molecule has 2 aliphatic rings. The van der Waals surface area contributed by atoms with E-state index in [2.05, 4.69) is 6.92 Å². The SMILES string of the molecule is CC(C)(C)OC(=O)N1[C@H](C(=O)CCc2cccc(Cl)c2F)C[C@@]2(C)C[C@@H]12. The Kier molecular flexibility index (Phi) is 4.80. The van der Waals surface area contributed by atoms with Crippen LogP contribution in [-0.2, 0) is 16.0 Å². The number of carbonyl (C=O) groups is 2.